The fraction of sp³-hybridized carbons (Fsp3) is 0.769. The molecule has 1 saturated carbocycles. The molecule has 0 aromatic carbocycles. The third-order valence-electron chi connectivity index (χ3n) is 3.64. The first-order valence-corrected chi connectivity index (χ1v) is 6.95. The first kappa shape index (κ1) is 13.8. The van der Waals surface area contributed by atoms with E-state index in [9.17, 15) is 0 Å². The molecule has 0 radical (unpaired) electrons. The van der Waals surface area contributed by atoms with Crippen LogP contribution in [0.3, 0.4) is 0 Å². The number of hydrogen-bond donors (Lipinski definition) is 1. The smallest absolute Gasteiger partial charge is 0.323 e. The number of nitrogens with zero attached hydrogens (tertiary/aromatic N) is 4. The quantitative estimate of drug-likeness (QED) is 0.895. The molecule has 2 atom stereocenters. The minimum atomic E-state index is 0.204. The van der Waals surface area contributed by atoms with E-state index in [1.54, 1.807) is 4.90 Å². The second-order valence-electron chi connectivity index (χ2n) is 5.28. The summed E-state index contributed by atoms with van der Waals surface area (Å²) >= 11 is 0. The molecule has 2 N–H and O–H groups in total. The summed E-state index contributed by atoms with van der Waals surface area (Å²) in [4.78, 5) is 14.2. The van der Waals surface area contributed by atoms with Crippen LogP contribution < -0.4 is 15.4 Å². The Balaban J connectivity index is 2.13. The molecule has 6 nitrogen and oxygen atoms in total. The zero-order valence-corrected chi connectivity index (χ0v) is 12.0. The van der Waals surface area contributed by atoms with Gasteiger partial charge in [-0.05, 0) is 31.6 Å². The van der Waals surface area contributed by atoms with E-state index in [2.05, 4.69) is 21.9 Å². The molecule has 0 spiro atoms. The Kier molecular flexibility index (Phi) is 4.39. The molecular formula is C13H23N5O. The summed E-state index contributed by atoms with van der Waals surface area (Å²) in [6, 6.07) is 0.349. The van der Waals surface area contributed by atoms with Crippen molar-refractivity contribution in [2.75, 3.05) is 24.7 Å². The van der Waals surface area contributed by atoms with E-state index in [4.69, 9.17) is 10.5 Å². The molecule has 2 rings (SSSR count). The number of ether oxygens (including phenoxy) is 1. The van der Waals surface area contributed by atoms with Gasteiger partial charge in [0.15, 0.2) is 0 Å². The van der Waals surface area contributed by atoms with Gasteiger partial charge in [-0.25, -0.2) is 0 Å². The Labute approximate surface area is 114 Å². The SMILES string of the molecule is CCC1CCCCC1Oc1nc(N)nc(N(C)C)n1. The van der Waals surface area contributed by atoms with Gasteiger partial charge in [-0.1, -0.05) is 13.3 Å². The molecule has 19 heavy (non-hydrogen) atoms. The molecule has 1 aliphatic carbocycles. The Morgan fingerprint density at radius 1 is 1.21 bits per heavy atom. The highest BCUT2D eigenvalue weighted by Gasteiger charge is 2.26. The van der Waals surface area contributed by atoms with Crippen molar-refractivity contribution < 1.29 is 4.74 Å². The summed E-state index contributed by atoms with van der Waals surface area (Å²) in [5.41, 5.74) is 5.70. The molecule has 0 aliphatic heterocycles. The molecule has 0 bridgehead atoms. The van der Waals surface area contributed by atoms with Crippen molar-refractivity contribution in [1.29, 1.82) is 0 Å². The minimum Gasteiger partial charge on any atom is -0.460 e. The van der Waals surface area contributed by atoms with Gasteiger partial charge in [-0.2, -0.15) is 15.0 Å². The molecule has 6 heteroatoms. The highest BCUT2D eigenvalue weighted by molar-refractivity contribution is 5.33. The van der Waals surface area contributed by atoms with Crippen LogP contribution in [0.15, 0.2) is 0 Å². The van der Waals surface area contributed by atoms with Crippen molar-refractivity contribution in [3.8, 4) is 6.01 Å². The Hall–Kier alpha value is -1.59. The van der Waals surface area contributed by atoms with Gasteiger partial charge in [0.2, 0.25) is 11.9 Å². The molecule has 1 aromatic heterocycles. The zero-order valence-electron chi connectivity index (χ0n) is 12.0. The number of anilines is 2. The largest absolute Gasteiger partial charge is 0.460 e. The van der Waals surface area contributed by atoms with Gasteiger partial charge in [-0.15, -0.1) is 0 Å². The van der Waals surface area contributed by atoms with Gasteiger partial charge in [-0.3, -0.25) is 0 Å². The van der Waals surface area contributed by atoms with Crippen molar-refractivity contribution in [3.05, 3.63) is 0 Å². The summed E-state index contributed by atoms with van der Waals surface area (Å²) in [7, 11) is 3.74. The maximum atomic E-state index is 5.96. The van der Waals surface area contributed by atoms with Crippen molar-refractivity contribution in [3.63, 3.8) is 0 Å². The van der Waals surface area contributed by atoms with Gasteiger partial charge in [0.05, 0.1) is 0 Å². The van der Waals surface area contributed by atoms with E-state index < -0.39 is 0 Å². The lowest BCUT2D eigenvalue weighted by molar-refractivity contribution is 0.0810. The highest BCUT2D eigenvalue weighted by atomic mass is 16.5. The molecule has 106 valence electrons. The normalized spacial score (nSPS) is 23.1. The number of hydrogen-bond acceptors (Lipinski definition) is 6. The van der Waals surface area contributed by atoms with Crippen molar-refractivity contribution >= 4 is 11.9 Å². The Morgan fingerprint density at radius 3 is 2.63 bits per heavy atom. The van der Waals surface area contributed by atoms with Crippen LogP contribution in [0.25, 0.3) is 0 Å². The van der Waals surface area contributed by atoms with Crippen LogP contribution in [-0.4, -0.2) is 35.2 Å². The first-order chi connectivity index (χ1) is 9.10. The van der Waals surface area contributed by atoms with Crippen LogP contribution in [0.4, 0.5) is 11.9 Å². The standard InChI is InChI=1S/C13H23N5O/c1-4-9-7-5-6-8-10(9)19-13-16-11(14)15-12(17-13)18(2)3/h9-10H,4-8H2,1-3H3,(H2,14,15,16,17). The lowest BCUT2D eigenvalue weighted by atomic mass is 9.85. The topological polar surface area (TPSA) is 77.2 Å². The molecule has 1 aromatic rings. The fourth-order valence-electron chi connectivity index (χ4n) is 2.54. The van der Waals surface area contributed by atoms with Crippen LogP contribution in [0.2, 0.25) is 0 Å². The monoisotopic (exact) mass is 265 g/mol. The molecule has 1 aliphatic rings. The van der Waals surface area contributed by atoms with Gasteiger partial charge >= 0.3 is 6.01 Å². The summed E-state index contributed by atoms with van der Waals surface area (Å²) in [5.74, 6) is 1.33. The van der Waals surface area contributed by atoms with Crippen LogP contribution in [0.5, 0.6) is 6.01 Å². The van der Waals surface area contributed by atoms with Gasteiger partial charge in [0, 0.05) is 14.1 Å². The average molecular weight is 265 g/mol. The highest BCUT2D eigenvalue weighted by Crippen LogP contribution is 2.29. The average Bonchev–Trinajstić information content (AvgIpc) is 2.38. The maximum Gasteiger partial charge on any atom is 0.323 e. The van der Waals surface area contributed by atoms with Crippen molar-refractivity contribution in [2.45, 2.75) is 45.1 Å². The van der Waals surface area contributed by atoms with E-state index in [1.165, 1.54) is 19.3 Å². The summed E-state index contributed by atoms with van der Waals surface area (Å²) in [5, 5.41) is 0. The number of aromatic nitrogens is 3. The van der Waals surface area contributed by atoms with Crippen molar-refractivity contribution in [1.82, 2.24) is 15.0 Å². The predicted molar refractivity (Wildman–Crippen MR) is 75.2 cm³/mol. The Bertz CT molecular complexity index is 423. The summed E-state index contributed by atoms with van der Waals surface area (Å²) < 4.78 is 5.96. The predicted octanol–water partition coefficient (Wildman–Crippen LogP) is 1.87. The molecule has 0 amide bonds. The van der Waals surface area contributed by atoms with E-state index in [0.717, 1.165) is 12.8 Å². The van der Waals surface area contributed by atoms with E-state index in [0.29, 0.717) is 17.9 Å². The minimum absolute atomic E-state index is 0.204. The van der Waals surface area contributed by atoms with E-state index in [1.807, 2.05) is 14.1 Å². The number of nitrogens with two attached hydrogens (primary N) is 1. The van der Waals surface area contributed by atoms with Gasteiger partial charge in [0.1, 0.15) is 6.10 Å². The second kappa shape index (κ2) is 6.04. The van der Waals surface area contributed by atoms with Gasteiger partial charge < -0.3 is 15.4 Å². The fourth-order valence-corrected chi connectivity index (χ4v) is 2.54. The molecule has 1 fully saturated rings. The van der Waals surface area contributed by atoms with Gasteiger partial charge in [0.25, 0.3) is 0 Å². The van der Waals surface area contributed by atoms with Crippen LogP contribution in [0, 0.1) is 5.92 Å². The van der Waals surface area contributed by atoms with Crippen LogP contribution >= 0.6 is 0 Å². The molecular weight excluding hydrogens is 242 g/mol. The lowest BCUT2D eigenvalue weighted by Crippen LogP contribution is -2.31. The third-order valence-corrected chi connectivity index (χ3v) is 3.64. The molecule has 2 unspecified atom stereocenters. The van der Waals surface area contributed by atoms with Crippen molar-refractivity contribution in [2.24, 2.45) is 5.92 Å². The van der Waals surface area contributed by atoms with E-state index in [-0.39, 0.29) is 12.1 Å². The third kappa shape index (κ3) is 3.45. The number of rotatable bonds is 4. The zero-order chi connectivity index (χ0) is 13.8. The summed E-state index contributed by atoms with van der Waals surface area (Å²) in [6.07, 6.45) is 6.13. The van der Waals surface area contributed by atoms with Crippen LogP contribution in [0.1, 0.15) is 39.0 Å². The van der Waals surface area contributed by atoms with E-state index >= 15 is 0 Å². The molecule has 0 saturated heterocycles. The van der Waals surface area contributed by atoms with Crippen LogP contribution in [-0.2, 0) is 0 Å². The lowest BCUT2D eigenvalue weighted by Gasteiger charge is -2.30. The Morgan fingerprint density at radius 2 is 1.95 bits per heavy atom. The number of nitrogen functional groups attached to an aromatic ring is 1. The second-order valence-corrected chi connectivity index (χ2v) is 5.28. The molecule has 1 heterocycles. The first-order valence-electron chi connectivity index (χ1n) is 6.95. The maximum absolute atomic E-state index is 5.96. The summed E-state index contributed by atoms with van der Waals surface area (Å²) in [6.45, 7) is 2.21.